The smallest absolute Gasteiger partial charge is 0.254 e. The summed E-state index contributed by atoms with van der Waals surface area (Å²) in [6.45, 7) is 5.50. The molecule has 3 fully saturated rings. The van der Waals surface area contributed by atoms with E-state index >= 15 is 0 Å². The Morgan fingerprint density at radius 2 is 2.07 bits per heavy atom. The van der Waals surface area contributed by atoms with Crippen molar-refractivity contribution >= 4 is 29.4 Å². The summed E-state index contributed by atoms with van der Waals surface area (Å²) in [5.74, 6) is 1.46. The minimum Gasteiger partial charge on any atom is -0.490 e. The molecule has 2 aliphatic carbocycles. The van der Waals surface area contributed by atoms with Crippen molar-refractivity contribution in [1.29, 1.82) is 0 Å². The molecule has 11 heteroatoms. The average Bonchev–Trinajstić information content (AvgIpc) is 3.96. The van der Waals surface area contributed by atoms with E-state index in [9.17, 15) is 4.79 Å². The van der Waals surface area contributed by atoms with Gasteiger partial charge in [-0.05, 0) is 56.9 Å². The van der Waals surface area contributed by atoms with E-state index in [1.165, 1.54) is 7.11 Å². The first-order chi connectivity index (χ1) is 21.2. The first-order valence-corrected chi connectivity index (χ1v) is 15.6. The van der Waals surface area contributed by atoms with Gasteiger partial charge < -0.3 is 30.6 Å². The van der Waals surface area contributed by atoms with E-state index in [4.69, 9.17) is 42.3 Å². The van der Waals surface area contributed by atoms with Gasteiger partial charge in [-0.3, -0.25) is 9.79 Å². The fourth-order valence-electron chi connectivity index (χ4n) is 5.88. The summed E-state index contributed by atoms with van der Waals surface area (Å²) in [7, 11) is 1.53. The zero-order valence-electron chi connectivity index (χ0n) is 25.2. The third-order valence-corrected chi connectivity index (χ3v) is 9.62. The number of methoxy groups -OCH3 is 1. The molecule has 1 saturated heterocycles. The monoisotopic (exact) mass is 616 g/mol. The number of aliphatic imine (C=N–C) groups is 1. The second-order valence-electron chi connectivity index (χ2n) is 12.6. The predicted molar refractivity (Wildman–Crippen MR) is 169 cm³/mol. The Labute approximate surface area is 261 Å². The molecular weight excluding hydrogens is 580 g/mol. The number of nitrogens with zero attached hydrogens (tertiary/aromatic N) is 4. The van der Waals surface area contributed by atoms with Crippen LogP contribution in [-0.4, -0.2) is 72.0 Å². The predicted octanol–water partition coefficient (Wildman–Crippen LogP) is 4.75. The number of halogens is 1. The summed E-state index contributed by atoms with van der Waals surface area (Å²) in [6, 6.07) is 7.74. The molecule has 2 aromatic heterocycles. The zero-order chi connectivity index (χ0) is 30.7. The van der Waals surface area contributed by atoms with Gasteiger partial charge in [0.05, 0.1) is 31.5 Å². The van der Waals surface area contributed by atoms with Crippen molar-refractivity contribution in [2.24, 2.45) is 10.7 Å². The standard InChI is InChI=1S/C33H37ClN6O4/c1-17-23(14-40(17)32(41)18-10-19(13-38-20-4-5-20)28(36)26(11-18)44-21-6-7-21)25-12-24-30(43-16-33(24,2)15-35)29(39-25)22-8-9-37-31(42-3)27(22)34/h8-13,17,20-21,23H,4-7,14-16,35-36H2,1-3H3/t17?,23-,33-/m0/s1. The summed E-state index contributed by atoms with van der Waals surface area (Å²) >= 11 is 6.72. The summed E-state index contributed by atoms with van der Waals surface area (Å²) in [4.78, 5) is 29.7. The first-order valence-electron chi connectivity index (χ1n) is 15.2. The van der Waals surface area contributed by atoms with Crippen molar-refractivity contribution in [2.75, 3.05) is 32.5 Å². The van der Waals surface area contributed by atoms with Crippen LogP contribution in [0.4, 0.5) is 5.69 Å². The molecule has 1 amide bonds. The molecule has 3 aromatic rings. The minimum absolute atomic E-state index is 0.00000145. The Morgan fingerprint density at radius 3 is 2.75 bits per heavy atom. The molecule has 4 N–H and O–H groups in total. The summed E-state index contributed by atoms with van der Waals surface area (Å²) in [6.07, 6.45) is 7.75. The third kappa shape index (κ3) is 5.03. The summed E-state index contributed by atoms with van der Waals surface area (Å²) in [5, 5.41) is 0.360. The lowest BCUT2D eigenvalue weighted by molar-refractivity contribution is 0.0400. The van der Waals surface area contributed by atoms with E-state index in [1.807, 2.05) is 17.0 Å². The van der Waals surface area contributed by atoms with Crippen LogP contribution in [0.15, 0.2) is 35.5 Å². The molecule has 0 bridgehead atoms. The van der Waals surface area contributed by atoms with Gasteiger partial charge in [-0.1, -0.05) is 18.5 Å². The Bertz CT molecular complexity index is 1670. The van der Waals surface area contributed by atoms with Crippen molar-refractivity contribution < 1.29 is 19.0 Å². The molecule has 0 radical (unpaired) electrons. The number of hydrogen-bond acceptors (Lipinski definition) is 9. The lowest BCUT2D eigenvalue weighted by Crippen LogP contribution is -2.55. The molecule has 1 aromatic carbocycles. The van der Waals surface area contributed by atoms with Gasteiger partial charge in [0.25, 0.3) is 5.91 Å². The maximum absolute atomic E-state index is 13.9. The number of nitrogens with two attached hydrogens (primary N) is 2. The minimum atomic E-state index is -0.381. The fourth-order valence-corrected chi connectivity index (χ4v) is 6.16. The Kier molecular flexibility index (Phi) is 7.16. The van der Waals surface area contributed by atoms with Crippen LogP contribution in [0, 0.1) is 0 Å². The second kappa shape index (κ2) is 10.9. The first kappa shape index (κ1) is 28.9. The topological polar surface area (TPSA) is 138 Å². The number of pyridine rings is 2. The third-order valence-electron chi connectivity index (χ3n) is 9.25. The maximum Gasteiger partial charge on any atom is 0.254 e. The van der Waals surface area contributed by atoms with Gasteiger partial charge in [0.15, 0.2) is 0 Å². The highest BCUT2D eigenvalue weighted by atomic mass is 35.5. The van der Waals surface area contributed by atoms with Crippen LogP contribution in [-0.2, 0) is 5.41 Å². The number of hydrogen-bond donors (Lipinski definition) is 2. The highest BCUT2D eigenvalue weighted by molar-refractivity contribution is 6.34. The molecule has 10 nitrogen and oxygen atoms in total. The number of rotatable bonds is 9. The van der Waals surface area contributed by atoms with E-state index in [2.05, 4.69) is 29.9 Å². The second-order valence-corrected chi connectivity index (χ2v) is 13.0. The number of anilines is 1. The number of ether oxygens (including phenoxy) is 3. The molecule has 7 rings (SSSR count). The quantitative estimate of drug-likeness (QED) is 0.260. The number of aromatic nitrogens is 2. The van der Waals surface area contributed by atoms with Crippen molar-refractivity contribution in [3.63, 3.8) is 0 Å². The largest absolute Gasteiger partial charge is 0.490 e. The van der Waals surface area contributed by atoms with E-state index in [0.717, 1.165) is 42.5 Å². The highest BCUT2D eigenvalue weighted by Gasteiger charge is 2.44. The van der Waals surface area contributed by atoms with Crippen molar-refractivity contribution in [2.45, 2.75) is 69.1 Å². The molecule has 3 atom stereocenters. The van der Waals surface area contributed by atoms with Crippen molar-refractivity contribution in [3.05, 3.63) is 57.9 Å². The van der Waals surface area contributed by atoms with E-state index < -0.39 is 0 Å². The number of carbonyl (C=O) groups is 1. The molecule has 0 spiro atoms. The molecule has 230 valence electrons. The van der Waals surface area contributed by atoms with Crippen LogP contribution in [0.3, 0.4) is 0 Å². The van der Waals surface area contributed by atoms with Gasteiger partial charge in [-0.15, -0.1) is 0 Å². The lowest BCUT2D eigenvalue weighted by Gasteiger charge is -2.46. The zero-order valence-corrected chi connectivity index (χ0v) is 25.9. The molecular formula is C33H37ClN6O4. The van der Waals surface area contributed by atoms with Gasteiger partial charge >= 0.3 is 0 Å². The molecule has 1 unspecified atom stereocenters. The Hall–Kier alpha value is -3.89. The van der Waals surface area contributed by atoms with Crippen molar-refractivity contribution in [1.82, 2.24) is 14.9 Å². The van der Waals surface area contributed by atoms with Crippen LogP contribution >= 0.6 is 11.6 Å². The molecule has 4 heterocycles. The number of fused-ring (bicyclic) bond motifs is 1. The maximum atomic E-state index is 13.9. The van der Waals surface area contributed by atoms with Gasteiger partial charge in [0, 0.05) is 70.8 Å². The van der Waals surface area contributed by atoms with Gasteiger partial charge in [-0.2, -0.15) is 0 Å². The van der Waals surface area contributed by atoms with Crippen LogP contribution in [0.1, 0.15) is 72.6 Å². The molecule has 44 heavy (non-hydrogen) atoms. The van der Waals surface area contributed by atoms with Gasteiger partial charge in [0.1, 0.15) is 22.2 Å². The summed E-state index contributed by atoms with van der Waals surface area (Å²) < 4.78 is 17.7. The average molecular weight is 617 g/mol. The Balaban J connectivity index is 1.21. The van der Waals surface area contributed by atoms with Crippen LogP contribution in [0.2, 0.25) is 5.02 Å². The van der Waals surface area contributed by atoms with Crippen LogP contribution in [0.25, 0.3) is 11.3 Å². The van der Waals surface area contributed by atoms with E-state index in [1.54, 1.807) is 18.5 Å². The number of amides is 1. The summed E-state index contributed by atoms with van der Waals surface area (Å²) in [5.41, 5.74) is 17.3. The number of carbonyl (C=O) groups excluding carboxylic acids is 1. The van der Waals surface area contributed by atoms with Crippen LogP contribution in [0.5, 0.6) is 17.4 Å². The van der Waals surface area contributed by atoms with E-state index in [-0.39, 0.29) is 29.4 Å². The van der Waals surface area contributed by atoms with Gasteiger partial charge in [-0.25, -0.2) is 9.97 Å². The number of nitrogen functional groups attached to an aromatic ring is 1. The van der Waals surface area contributed by atoms with Crippen LogP contribution < -0.4 is 25.7 Å². The SMILES string of the molecule is COc1nccc(-c2nc([C@H]3CN(C(=O)c4cc(C=NC5CC5)c(N)c(OC5CC5)c4)C3C)cc3c2OC[C@]3(C)CN)c1Cl. The number of likely N-dealkylation sites (tertiary alicyclic amines) is 1. The number of benzene rings is 1. The van der Waals surface area contributed by atoms with E-state index in [0.29, 0.717) is 70.6 Å². The normalized spacial score (nSPS) is 24.2. The molecule has 2 saturated carbocycles. The molecule has 2 aliphatic heterocycles. The Morgan fingerprint density at radius 1 is 1.27 bits per heavy atom. The lowest BCUT2D eigenvalue weighted by atomic mass is 9.80. The highest BCUT2D eigenvalue weighted by Crippen LogP contribution is 2.48. The van der Waals surface area contributed by atoms with Gasteiger partial charge in [0.2, 0.25) is 5.88 Å². The fraction of sp³-hybridized carbons (Fsp3) is 0.455. The van der Waals surface area contributed by atoms with Crippen molar-refractivity contribution in [3.8, 4) is 28.6 Å². The molecule has 4 aliphatic rings.